The highest BCUT2D eigenvalue weighted by atomic mass is 16.5. The molecule has 3 rings (SSSR count). The molecule has 8 nitrogen and oxygen atoms in total. The molecule has 0 radical (unpaired) electrons. The summed E-state index contributed by atoms with van der Waals surface area (Å²) >= 11 is 0. The number of carboxylic acid groups (broad SMARTS) is 1. The van der Waals surface area contributed by atoms with E-state index in [2.05, 4.69) is 6.58 Å². The van der Waals surface area contributed by atoms with E-state index in [0.717, 1.165) is 25.7 Å². The second-order valence-electron chi connectivity index (χ2n) is 8.24. The Bertz CT molecular complexity index is 1260. The maximum atomic E-state index is 12.4. The number of unbranched alkanes of at least 4 members (excludes halogenated alkanes) is 3. The van der Waals surface area contributed by atoms with Crippen LogP contribution >= 0.6 is 0 Å². The Hall–Kier alpha value is -4.33. The second kappa shape index (κ2) is 12.4. The van der Waals surface area contributed by atoms with Gasteiger partial charge in [-0.1, -0.05) is 12.6 Å². The Kier molecular flexibility index (Phi) is 9.05. The van der Waals surface area contributed by atoms with Gasteiger partial charge in [-0.3, -0.25) is 0 Å². The minimum absolute atomic E-state index is 0.00288. The van der Waals surface area contributed by atoms with Gasteiger partial charge in [-0.05, 0) is 86.5 Å². The smallest absolute Gasteiger partial charge is 0.343 e. The first-order valence-corrected chi connectivity index (χ1v) is 11.5. The molecule has 0 aromatic heterocycles. The molecule has 0 aliphatic rings. The molecule has 0 fully saturated rings. The number of benzene rings is 3. The predicted molar refractivity (Wildman–Crippen MR) is 134 cm³/mol. The zero-order valence-corrected chi connectivity index (χ0v) is 20.0. The van der Waals surface area contributed by atoms with Crippen LogP contribution in [-0.4, -0.2) is 41.3 Å². The maximum absolute atomic E-state index is 12.4. The van der Waals surface area contributed by atoms with Gasteiger partial charge in [-0.15, -0.1) is 0 Å². The molecular formula is C28H28O8. The molecular weight excluding hydrogens is 464 g/mol. The lowest BCUT2D eigenvalue weighted by Crippen LogP contribution is -2.11. The van der Waals surface area contributed by atoms with E-state index in [0.29, 0.717) is 35.3 Å². The van der Waals surface area contributed by atoms with Crippen molar-refractivity contribution in [2.75, 3.05) is 13.2 Å². The minimum Gasteiger partial charge on any atom is -0.508 e. The lowest BCUT2D eigenvalue weighted by atomic mass is 10.0. The van der Waals surface area contributed by atoms with Crippen LogP contribution in [0.3, 0.4) is 0 Å². The molecule has 0 saturated carbocycles. The summed E-state index contributed by atoms with van der Waals surface area (Å²) < 4.78 is 16.2. The molecule has 0 aliphatic carbocycles. The first-order valence-electron chi connectivity index (χ1n) is 11.5. The lowest BCUT2D eigenvalue weighted by Gasteiger charge is -2.12. The van der Waals surface area contributed by atoms with Gasteiger partial charge in [0.15, 0.2) is 0 Å². The Balaban J connectivity index is 1.58. The second-order valence-corrected chi connectivity index (χ2v) is 8.24. The van der Waals surface area contributed by atoms with Gasteiger partial charge in [-0.25, -0.2) is 14.4 Å². The van der Waals surface area contributed by atoms with E-state index in [1.54, 1.807) is 31.2 Å². The molecule has 0 spiro atoms. The number of aromatic carboxylic acids is 1. The number of carbonyl (C=O) groups excluding carboxylic acids is 2. The molecule has 0 atom stereocenters. The number of ether oxygens (including phenoxy) is 3. The molecule has 8 heteroatoms. The number of aromatic hydroxyl groups is 1. The van der Waals surface area contributed by atoms with E-state index < -0.39 is 11.9 Å². The zero-order chi connectivity index (χ0) is 26.1. The number of hydrogen-bond acceptors (Lipinski definition) is 7. The Morgan fingerprint density at radius 3 is 2.25 bits per heavy atom. The Morgan fingerprint density at radius 1 is 0.889 bits per heavy atom. The van der Waals surface area contributed by atoms with Crippen molar-refractivity contribution in [1.82, 2.24) is 0 Å². The van der Waals surface area contributed by atoms with Crippen LogP contribution in [0.25, 0.3) is 10.8 Å². The molecule has 188 valence electrons. The van der Waals surface area contributed by atoms with Gasteiger partial charge < -0.3 is 24.4 Å². The van der Waals surface area contributed by atoms with Gasteiger partial charge in [-0.2, -0.15) is 0 Å². The van der Waals surface area contributed by atoms with Crippen LogP contribution in [0.1, 0.15) is 53.3 Å². The SMILES string of the molecule is C=C(C)C(=O)OCCCCCCOc1ccc2c(C(=O)O)c(OC(=O)c3ccc(O)cc3)ccc2c1. The van der Waals surface area contributed by atoms with Gasteiger partial charge in [0.2, 0.25) is 0 Å². The average molecular weight is 493 g/mol. The number of esters is 2. The normalized spacial score (nSPS) is 10.6. The summed E-state index contributed by atoms with van der Waals surface area (Å²) in [6, 6.07) is 13.6. The molecule has 36 heavy (non-hydrogen) atoms. The van der Waals surface area contributed by atoms with E-state index in [1.165, 1.54) is 30.3 Å². The summed E-state index contributed by atoms with van der Waals surface area (Å²) in [5, 5.41) is 20.2. The minimum atomic E-state index is -1.23. The van der Waals surface area contributed by atoms with E-state index in [4.69, 9.17) is 14.2 Å². The number of phenolic OH excluding ortho intramolecular Hbond substituents is 1. The van der Waals surface area contributed by atoms with Crippen molar-refractivity contribution < 1.29 is 38.8 Å². The van der Waals surface area contributed by atoms with Gasteiger partial charge >= 0.3 is 17.9 Å². The first kappa shape index (κ1) is 26.3. The van der Waals surface area contributed by atoms with E-state index in [9.17, 15) is 24.6 Å². The summed E-state index contributed by atoms with van der Waals surface area (Å²) in [6.07, 6.45) is 3.40. The fourth-order valence-electron chi connectivity index (χ4n) is 3.48. The van der Waals surface area contributed by atoms with E-state index >= 15 is 0 Å². The summed E-state index contributed by atoms with van der Waals surface area (Å²) in [6.45, 7) is 6.01. The van der Waals surface area contributed by atoms with Crippen LogP contribution in [-0.2, 0) is 9.53 Å². The highest BCUT2D eigenvalue weighted by molar-refractivity contribution is 6.07. The molecule has 0 unspecified atom stereocenters. The average Bonchev–Trinajstić information content (AvgIpc) is 2.85. The van der Waals surface area contributed by atoms with Crippen LogP contribution in [0.2, 0.25) is 0 Å². The van der Waals surface area contributed by atoms with Crippen molar-refractivity contribution in [2.24, 2.45) is 0 Å². The van der Waals surface area contributed by atoms with Crippen molar-refractivity contribution >= 4 is 28.7 Å². The Labute approximate surface area is 208 Å². The van der Waals surface area contributed by atoms with Gasteiger partial charge in [0.25, 0.3) is 0 Å². The standard InChI is InChI=1S/C28H28O8/c1-18(2)27(32)35-16-6-4-3-5-15-34-22-12-13-23-20(17-22)9-14-24(25(23)26(30)31)36-28(33)19-7-10-21(29)11-8-19/h7-14,17,29H,1,3-6,15-16H2,2H3,(H,30,31). The third kappa shape index (κ3) is 7.09. The summed E-state index contributed by atoms with van der Waals surface area (Å²) in [4.78, 5) is 35.7. The molecule has 0 bridgehead atoms. The van der Waals surface area contributed by atoms with Gasteiger partial charge in [0.1, 0.15) is 22.8 Å². The van der Waals surface area contributed by atoms with Crippen molar-refractivity contribution in [3.05, 3.63) is 77.9 Å². The third-order valence-corrected chi connectivity index (χ3v) is 5.36. The lowest BCUT2D eigenvalue weighted by molar-refractivity contribution is -0.139. The molecule has 0 heterocycles. The topological polar surface area (TPSA) is 119 Å². The van der Waals surface area contributed by atoms with Gasteiger partial charge in [0.05, 0.1) is 18.8 Å². The van der Waals surface area contributed by atoms with Crippen LogP contribution in [0.5, 0.6) is 17.2 Å². The van der Waals surface area contributed by atoms with Crippen molar-refractivity contribution in [3.8, 4) is 17.2 Å². The quantitative estimate of drug-likeness (QED) is 0.147. The first-order chi connectivity index (χ1) is 17.3. The van der Waals surface area contributed by atoms with Crippen LogP contribution < -0.4 is 9.47 Å². The van der Waals surface area contributed by atoms with E-state index in [-0.39, 0.29) is 28.6 Å². The van der Waals surface area contributed by atoms with Crippen LogP contribution in [0, 0.1) is 0 Å². The molecule has 0 aliphatic heterocycles. The predicted octanol–water partition coefficient (Wildman–Crippen LogP) is 5.52. The Morgan fingerprint density at radius 2 is 1.58 bits per heavy atom. The summed E-state index contributed by atoms with van der Waals surface area (Å²) in [5.74, 6) is -1.80. The largest absolute Gasteiger partial charge is 0.508 e. The number of phenols is 1. The summed E-state index contributed by atoms with van der Waals surface area (Å²) in [7, 11) is 0. The molecule has 3 aromatic rings. The van der Waals surface area contributed by atoms with Crippen molar-refractivity contribution in [3.63, 3.8) is 0 Å². The zero-order valence-electron chi connectivity index (χ0n) is 20.0. The number of rotatable bonds is 12. The highest BCUT2D eigenvalue weighted by Gasteiger charge is 2.19. The fourth-order valence-corrected chi connectivity index (χ4v) is 3.48. The fraction of sp³-hybridized carbons (Fsp3) is 0.250. The van der Waals surface area contributed by atoms with E-state index in [1.807, 2.05) is 0 Å². The molecule has 2 N–H and O–H groups in total. The molecule has 0 amide bonds. The number of hydrogen-bond donors (Lipinski definition) is 2. The van der Waals surface area contributed by atoms with Crippen LogP contribution in [0.15, 0.2) is 66.7 Å². The summed E-state index contributed by atoms with van der Waals surface area (Å²) in [5.41, 5.74) is 0.444. The van der Waals surface area contributed by atoms with Crippen LogP contribution in [0.4, 0.5) is 0 Å². The monoisotopic (exact) mass is 492 g/mol. The highest BCUT2D eigenvalue weighted by Crippen LogP contribution is 2.31. The van der Waals surface area contributed by atoms with Gasteiger partial charge in [0, 0.05) is 11.0 Å². The molecule has 0 saturated heterocycles. The third-order valence-electron chi connectivity index (χ3n) is 5.36. The van der Waals surface area contributed by atoms with Crippen molar-refractivity contribution in [2.45, 2.75) is 32.6 Å². The number of carboxylic acids is 1. The molecule has 3 aromatic carbocycles. The number of carbonyl (C=O) groups is 3. The number of fused-ring (bicyclic) bond motifs is 1. The van der Waals surface area contributed by atoms with Crippen molar-refractivity contribution in [1.29, 1.82) is 0 Å². The maximum Gasteiger partial charge on any atom is 0.343 e.